The second-order valence-electron chi connectivity index (χ2n) is 7.01. The van der Waals surface area contributed by atoms with Crippen molar-refractivity contribution in [2.75, 3.05) is 26.8 Å². The first kappa shape index (κ1) is 21.4. The number of rotatable bonds is 10. The fraction of sp³-hybridized carbons (Fsp3) is 0.381. The van der Waals surface area contributed by atoms with E-state index in [0.717, 1.165) is 10.7 Å². The van der Waals surface area contributed by atoms with Crippen LogP contribution in [0.1, 0.15) is 24.7 Å². The molecule has 0 bridgehead atoms. The first-order chi connectivity index (χ1) is 14.4. The molecule has 0 spiro atoms. The minimum absolute atomic E-state index is 0.344. The van der Waals surface area contributed by atoms with E-state index in [1.165, 1.54) is 0 Å². The Bertz CT molecular complexity index is 881. The van der Waals surface area contributed by atoms with Gasteiger partial charge in [0.05, 0.1) is 13.4 Å². The molecule has 0 aliphatic carbocycles. The van der Waals surface area contributed by atoms with Gasteiger partial charge in [-0.05, 0) is 43.2 Å². The highest BCUT2D eigenvalue weighted by Gasteiger charge is 2.49. The largest absolute Gasteiger partial charge is 0.497 e. The zero-order valence-corrected chi connectivity index (χ0v) is 17.0. The number of methoxy groups -OCH3 is 1. The van der Waals surface area contributed by atoms with Crippen molar-refractivity contribution < 1.29 is 28.3 Å². The van der Waals surface area contributed by atoms with Gasteiger partial charge in [0.15, 0.2) is 0 Å². The van der Waals surface area contributed by atoms with Crippen LogP contribution in [0.15, 0.2) is 47.1 Å². The van der Waals surface area contributed by atoms with E-state index in [2.05, 4.69) is 10.6 Å². The fourth-order valence-electron chi connectivity index (χ4n) is 3.13. The summed E-state index contributed by atoms with van der Waals surface area (Å²) in [7, 11) is 1.55. The maximum absolute atomic E-state index is 12.9. The number of nitrogens with zero attached hydrogens (tertiary/aromatic N) is 1. The predicted octanol–water partition coefficient (Wildman–Crippen LogP) is 1.78. The summed E-state index contributed by atoms with van der Waals surface area (Å²) in [6.07, 6.45) is 2.17. The molecule has 1 aliphatic heterocycles. The van der Waals surface area contributed by atoms with E-state index in [1.54, 1.807) is 50.6 Å². The average molecular weight is 415 g/mol. The Morgan fingerprint density at radius 2 is 2.00 bits per heavy atom. The molecule has 3 rings (SSSR count). The molecule has 1 atom stereocenters. The van der Waals surface area contributed by atoms with Gasteiger partial charge in [0.1, 0.15) is 30.2 Å². The predicted molar refractivity (Wildman–Crippen MR) is 107 cm³/mol. The van der Waals surface area contributed by atoms with E-state index in [0.29, 0.717) is 37.5 Å². The van der Waals surface area contributed by atoms with Gasteiger partial charge in [-0.3, -0.25) is 14.5 Å². The summed E-state index contributed by atoms with van der Waals surface area (Å²) in [4.78, 5) is 38.3. The number of hydrogen-bond donors (Lipinski definition) is 2. The smallest absolute Gasteiger partial charge is 0.325 e. The zero-order chi connectivity index (χ0) is 21.6. The molecule has 30 heavy (non-hydrogen) atoms. The Labute approximate surface area is 174 Å². The Kier molecular flexibility index (Phi) is 6.73. The summed E-state index contributed by atoms with van der Waals surface area (Å²) >= 11 is 0. The Balaban J connectivity index is 1.45. The number of urea groups is 1. The minimum atomic E-state index is -1.23. The molecule has 1 unspecified atom stereocenters. The molecule has 9 heteroatoms. The molecule has 0 saturated carbocycles. The van der Waals surface area contributed by atoms with Crippen molar-refractivity contribution in [2.24, 2.45) is 0 Å². The fourth-order valence-corrected chi connectivity index (χ4v) is 3.13. The molecule has 1 aliphatic rings. The van der Waals surface area contributed by atoms with Gasteiger partial charge in [-0.2, -0.15) is 0 Å². The summed E-state index contributed by atoms with van der Waals surface area (Å²) in [6, 6.07) is 9.85. The number of benzene rings is 1. The number of carbonyl (C=O) groups is 3. The van der Waals surface area contributed by atoms with Crippen molar-refractivity contribution in [2.45, 2.75) is 25.5 Å². The summed E-state index contributed by atoms with van der Waals surface area (Å²) in [6.45, 7) is 2.45. The van der Waals surface area contributed by atoms with Gasteiger partial charge in [-0.15, -0.1) is 0 Å². The molecule has 1 saturated heterocycles. The topological polar surface area (TPSA) is 110 Å². The van der Waals surface area contributed by atoms with Crippen LogP contribution in [0.3, 0.4) is 0 Å². The molecular formula is C21H25N3O6. The summed E-state index contributed by atoms with van der Waals surface area (Å²) in [5.74, 6) is 0.485. The maximum Gasteiger partial charge on any atom is 0.325 e. The summed E-state index contributed by atoms with van der Waals surface area (Å²) < 4.78 is 15.7. The highest BCUT2D eigenvalue weighted by molar-refractivity contribution is 6.09. The lowest BCUT2D eigenvalue weighted by Crippen LogP contribution is -2.43. The first-order valence-electron chi connectivity index (χ1n) is 9.59. The van der Waals surface area contributed by atoms with E-state index >= 15 is 0 Å². The van der Waals surface area contributed by atoms with Gasteiger partial charge >= 0.3 is 6.03 Å². The van der Waals surface area contributed by atoms with Crippen molar-refractivity contribution in [1.29, 1.82) is 0 Å². The zero-order valence-electron chi connectivity index (χ0n) is 17.0. The number of carbonyl (C=O) groups excluding carboxylic acids is 3. The third-order valence-corrected chi connectivity index (χ3v) is 4.86. The Morgan fingerprint density at radius 1 is 1.23 bits per heavy atom. The SMILES string of the molecule is COc1ccc(C2(C)NC(=O)N(CC(=O)NCCCOCc3ccco3)C2=O)cc1. The minimum Gasteiger partial charge on any atom is -0.497 e. The third kappa shape index (κ3) is 4.80. The lowest BCUT2D eigenvalue weighted by Gasteiger charge is -2.22. The molecule has 9 nitrogen and oxygen atoms in total. The number of hydrogen-bond acceptors (Lipinski definition) is 6. The van der Waals surface area contributed by atoms with Crippen LogP contribution in [-0.4, -0.2) is 49.6 Å². The van der Waals surface area contributed by atoms with Crippen molar-refractivity contribution in [3.8, 4) is 5.75 Å². The van der Waals surface area contributed by atoms with E-state index in [1.807, 2.05) is 6.07 Å². The average Bonchev–Trinajstić information content (AvgIpc) is 3.34. The third-order valence-electron chi connectivity index (χ3n) is 4.86. The summed E-state index contributed by atoms with van der Waals surface area (Å²) in [5.41, 5.74) is -0.623. The van der Waals surface area contributed by atoms with Crippen molar-refractivity contribution in [3.63, 3.8) is 0 Å². The molecular weight excluding hydrogens is 390 g/mol. The number of amides is 4. The standard InChI is InChI=1S/C21H25N3O6/c1-21(15-6-8-16(28-2)9-7-15)19(26)24(20(27)23-21)13-18(25)22-10-4-11-29-14-17-5-3-12-30-17/h3,5-9,12H,4,10-11,13-14H2,1-2H3,(H,22,25)(H,23,27). The number of imide groups is 1. The lowest BCUT2D eigenvalue weighted by atomic mass is 9.92. The van der Waals surface area contributed by atoms with Gasteiger partial charge in [-0.1, -0.05) is 12.1 Å². The molecule has 2 heterocycles. The highest BCUT2D eigenvalue weighted by Crippen LogP contribution is 2.29. The quantitative estimate of drug-likeness (QED) is 0.452. The van der Waals surface area contributed by atoms with E-state index in [-0.39, 0.29) is 6.54 Å². The molecule has 1 fully saturated rings. The number of ether oxygens (including phenoxy) is 2. The van der Waals surface area contributed by atoms with Crippen LogP contribution in [0.5, 0.6) is 5.75 Å². The molecule has 4 amide bonds. The molecule has 160 valence electrons. The van der Waals surface area contributed by atoms with Crippen molar-refractivity contribution in [1.82, 2.24) is 15.5 Å². The number of furan rings is 1. The van der Waals surface area contributed by atoms with Crippen LogP contribution in [0, 0.1) is 0 Å². The normalized spacial score (nSPS) is 18.4. The highest BCUT2D eigenvalue weighted by atomic mass is 16.5. The molecule has 1 aromatic carbocycles. The van der Waals surface area contributed by atoms with E-state index in [9.17, 15) is 14.4 Å². The van der Waals surface area contributed by atoms with Crippen molar-refractivity contribution >= 4 is 17.8 Å². The van der Waals surface area contributed by atoms with Crippen LogP contribution >= 0.6 is 0 Å². The van der Waals surface area contributed by atoms with Gasteiger partial charge in [0.2, 0.25) is 5.91 Å². The van der Waals surface area contributed by atoms with Gasteiger partial charge < -0.3 is 24.5 Å². The van der Waals surface area contributed by atoms with Crippen LogP contribution in [0.25, 0.3) is 0 Å². The number of nitrogens with one attached hydrogen (secondary N) is 2. The van der Waals surface area contributed by atoms with Crippen LogP contribution in [-0.2, 0) is 26.5 Å². The van der Waals surface area contributed by atoms with Gasteiger partial charge in [-0.25, -0.2) is 4.79 Å². The first-order valence-corrected chi connectivity index (χ1v) is 9.59. The second-order valence-corrected chi connectivity index (χ2v) is 7.01. The Morgan fingerprint density at radius 3 is 2.67 bits per heavy atom. The lowest BCUT2D eigenvalue weighted by molar-refractivity contribution is -0.134. The summed E-state index contributed by atoms with van der Waals surface area (Å²) in [5, 5.41) is 5.37. The van der Waals surface area contributed by atoms with Crippen molar-refractivity contribution in [3.05, 3.63) is 54.0 Å². The second kappa shape index (κ2) is 9.45. The molecule has 2 aromatic rings. The van der Waals surface area contributed by atoms with E-state index in [4.69, 9.17) is 13.9 Å². The van der Waals surface area contributed by atoms with Crippen LogP contribution < -0.4 is 15.4 Å². The monoisotopic (exact) mass is 415 g/mol. The molecule has 1 aromatic heterocycles. The maximum atomic E-state index is 12.9. The van der Waals surface area contributed by atoms with Crippen LogP contribution in [0.4, 0.5) is 4.79 Å². The molecule has 2 N–H and O–H groups in total. The van der Waals surface area contributed by atoms with E-state index < -0.39 is 23.4 Å². The molecule has 0 radical (unpaired) electrons. The van der Waals surface area contributed by atoms with Gasteiger partial charge in [0.25, 0.3) is 5.91 Å². The Hall–Kier alpha value is -3.33. The van der Waals surface area contributed by atoms with Gasteiger partial charge in [0, 0.05) is 13.2 Å². The van der Waals surface area contributed by atoms with Crippen LogP contribution in [0.2, 0.25) is 0 Å².